The lowest BCUT2D eigenvalue weighted by molar-refractivity contribution is -0.140. The molecular weight excluding hydrogens is 278 g/mol. The van der Waals surface area contributed by atoms with Crippen molar-refractivity contribution in [2.24, 2.45) is 5.92 Å². The van der Waals surface area contributed by atoms with Crippen molar-refractivity contribution < 1.29 is 14.7 Å². The second-order valence-electron chi connectivity index (χ2n) is 6.29. The van der Waals surface area contributed by atoms with E-state index in [9.17, 15) is 14.7 Å². The van der Waals surface area contributed by atoms with E-state index in [0.29, 0.717) is 12.1 Å². The van der Waals surface area contributed by atoms with E-state index in [-0.39, 0.29) is 24.2 Å². The van der Waals surface area contributed by atoms with Crippen molar-refractivity contribution in [2.75, 3.05) is 6.54 Å². The van der Waals surface area contributed by atoms with E-state index in [1.54, 1.807) is 0 Å². The Morgan fingerprint density at radius 3 is 2.41 bits per heavy atom. The third-order valence-electron chi connectivity index (χ3n) is 4.99. The Bertz CT molecular complexity index is 543. The minimum absolute atomic E-state index is 0.0975. The fraction of sp³-hybridized carbons (Fsp3) is 0.556. The Labute approximate surface area is 132 Å². The van der Waals surface area contributed by atoms with Gasteiger partial charge < -0.3 is 5.11 Å². The van der Waals surface area contributed by atoms with Gasteiger partial charge in [0.2, 0.25) is 0 Å². The highest BCUT2D eigenvalue weighted by Crippen LogP contribution is 2.43. The number of aliphatic carboxylic acids is 1. The smallest absolute Gasteiger partial charge is 0.305 e. The maximum absolute atomic E-state index is 12.9. The first-order valence-electron chi connectivity index (χ1n) is 8.03. The number of ketones is 1. The molecule has 1 aromatic carbocycles. The maximum atomic E-state index is 12.9. The number of hydrogen-bond acceptors (Lipinski definition) is 3. The summed E-state index contributed by atoms with van der Waals surface area (Å²) in [4.78, 5) is 26.4. The first kappa shape index (κ1) is 16.7. The lowest BCUT2D eigenvalue weighted by Crippen LogP contribution is -2.50. The van der Waals surface area contributed by atoms with E-state index < -0.39 is 11.5 Å². The van der Waals surface area contributed by atoms with Crippen LogP contribution in [0.5, 0.6) is 0 Å². The first-order chi connectivity index (χ1) is 10.4. The van der Waals surface area contributed by atoms with Gasteiger partial charge >= 0.3 is 5.97 Å². The fourth-order valence-electron chi connectivity index (χ4n) is 4.06. The van der Waals surface area contributed by atoms with E-state index in [2.05, 4.69) is 11.8 Å². The van der Waals surface area contributed by atoms with Crippen LogP contribution in [0.25, 0.3) is 0 Å². The standard InChI is InChI=1S/C18H25NO3/c1-4-18(12-15(20)21)11-13(3)16(19(18)5-2)17(22)14-9-7-6-8-10-14/h6-10,13,16H,4-5,11-12H2,1-3H3,(H,20,21). The van der Waals surface area contributed by atoms with Gasteiger partial charge in [0.15, 0.2) is 5.78 Å². The minimum atomic E-state index is -0.791. The van der Waals surface area contributed by atoms with Crippen molar-refractivity contribution in [3.05, 3.63) is 35.9 Å². The molecule has 0 saturated carbocycles. The first-order valence-corrected chi connectivity index (χ1v) is 8.03. The molecule has 1 aromatic rings. The van der Waals surface area contributed by atoms with Gasteiger partial charge in [-0.15, -0.1) is 0 Å². The molecule has 1 heterocycles. The molecule has 2 rings (SSSR count). The summed E-state index contributed by atoms with van der Waals surface area (Å²) in [6.45, 7) is 6.78. The van der Waals surface area contributed by atoms with Crippen LogP contribution in [-0.2, 0) is 4.79 Å². The molecule has 1 aliphatic heterocycles. The summed E-state index contributed by atoms with van der Waals surface area (Å²) in [6.07, 6.45) is 1.60. The number of carboxylic acids is 1. The van der Waals surface area contributed by atoms with E-state index >= 15 is 0 Å². The van der Waals surface area contributed by atoms with Gasteiger partial charge in [-0.05, 0) is 25.3 Å². The van der Waals surface area contributed by atoms with Gasteiger partial charge in [-0.2, -0.15) is 0 Å². The van der Waals surface area contributed by atoms with Crippen molar-refractivity contribution in [3.63, 3.8) is 0 Å². The molecule has 120 valence electrons. The van der Waals surface area contributed by atoms with E-state index in [1.807, 2.05) is 44.2 Å². The van der Waals surface area contributed by atoms with Crippen LogP contribution in [0.4, 0.5) is 0 Å². The normalized spacial score (nSPS) is 28.7. The van der Waals surface area contributed by atoms with Gasteiger partial charge in [-0.3, -0.25) is 14.5 Å². The maximum Gasteiger partial charge on any atom is 0.305 e. The van der Waals surface area contributed by atoms with E-state index in [1.165, 1.54) is 0 Å². The molecule has 0 radical (unpaired) electrons. The molecule has 1 aliphatic rings. The van der Waals surface area contributed by atoms with Crippen molar-refractivity contribution in [2.45, 2.75) is 51.6 Å². The molecule has 4 heteroatoms. The molecule has 1 N–H and O–H groups in total. The van der Waals surface area contributed by atoms with Crippen LogP contribution in [-0.4, -0.2) is 39.9 Å². The van der Waals surface area contributed by atoms with Crippen LogP contribution in [0, 0.1) is 5.92 Å². The lowest BCUT2D eigenvalue weighted by atomic mass is 9.86. The monoisotopic (exact) mass is 303 g/mol. The number of likely N-dealkylation sites (tertiary alicyclic amines) is 1. The topological polar surface area (TPSA) is 57.6 Å². The number of hydrogen-bond donors (Lipinski definition) is 1. The van der Waals surface area contributed by atoms with E-state index in [4.69, 9.17) is 0 Å². The third-order valence-corrected chi connectivity index (χ3v) is 4.99. The largest absolute Gasteiger partial charge is 0.481 e. The summed E-state index contributed by atoms with van der Waals surface area (Å²) in [5, 5.41) is 9.30. The van der Waals surface area contributed by atoms with Crippen LogP contribution in [0.3, 0.4) is 0 Å². The molecule has 22 heavy (non-hydrogen) atoms. The van der Waals surface area contributed by atoms with Crippen LogP contribution in [0.15, 0.2) is 30.3 Å². The van der Waals surface area contributed by atoms with Crippen molar-refractivity contribution in [3.8, 4) is 0 Å². The molecule has 1 fully saturated rings. The summed E-state index contributed by atoms with van der Waals surface area (Å²) in [5.74, 6) is -0.525. The zero-order valence-corrected chi connectivity index (χ0v) is 13.6. The number of carbonyl (C=O) groups is 2. The van der Waals surface area contributed by atoms with Gasteiger partial charge in [0, 0.05) is 11.1 Å². The highest BCUT2D eigenvalue weighted by atomic mass is 16.4. The Morgan fingerprint density at radius 2 is 1.91 bits per heavy atom. The zero-order valence-electron chi connectivity index (χ0n) is 13.6. The highest BCUT2D eigenvalue weighted by molar-refractivity contribution is 6.00. The van der Waals surface area contributed by atoms with Gasteiger partial charge in [0.25, 0.3) is 0 Å². The van der Waals surface area contributed by atoms with Crippen molar-refractivity contribution in [1.29, 1.82) is 0 Å². The molecule has 0 amide bonds. The summed E-state index contributed by atoms with van der Waals surface area (Å²) >= 11 is 0. The number of nitrogens with zero attached hydrogens (tertiary/aromatic N) is 1. The number of carboxylic acid groups (broad SMARTS) is 1. The molecule has 0 bridgehead atoms. The molecular formula is C18H25NO3. The predicted molar refractivity (Wildman–Crippen MR) is 86.0 cm³/mol. The van der Waals surface area contributed by atoms with Gasteiger partial charge in [0.1, 0.15) is 0 Å². The molecule has 4 nitrogen and oxygen atoms in total. The number of carbonyl (C=O) groups excluding carboxylic acids is 1. The summed E-state index contributed by atoms with van der Waals surface area (Å²) in [7, 11) is 0. The number of Topliss-reactive ketones (excluding diaryl/α,β-unsaturated/α-hetero) is 1. The zero-order chi connectivity index (χ0) is 16.3. The highest BCUT2D eigenvalue weighted by Gasteiger charge is 2.51. The van der Waals surface area contributed by atoms with Crippen LogP contribution in [0.1, 0.15) is 50.4 Å². The minimum Gasteiger partial charge on any atom is -0.481 e. The summed E-state index contributed by atoms with van der Waals surface area (Å²) < 4.78 is 0. The second-order valence-corrected chi connectivity index (χ2v) is 6.29. The molecule has 0 aliphatic carbocycles. The molecule has 1 saturated heterocycles. The third kappa shape index (κ3) is 2.93. The SMILES string of the molecule is CCN1C(C(=O)c2ccccc2)C(C)CC1(CC)CC(=O)O. The van der Waals surface area contributed by atoms with Crippen molar-refractivity contribution in [1.82, 2.24) is 4.90 Å². The fourth-order valence-corrected chi connectivity index (χ4v) is 4.06. The van der Waals surface area contributed by atoms with E-state index in [0.717, 1.165) is 12.8 Å². The van der Waals surface area contributed by atoms with Crippen molar-refractivity contribution >= 4 is 11.8 Å². The molecule has 0 spiro atoms. The average molecular weight is 303 g/mol. The van der Waals surface area contributed by atoms with Gasteiger partial charge in [0.05, 0.1) is 12.5 Å². The van der Waals surface area contributed by atoms with Crippen LogP contribution in [0.2, 0.25) is 0 Å². The van der Waals surface area contributed by atoms with Gasteiger partial charge in [-0.25, -0.2) is 0 Å². The average Bonchev–Trinajstić information content (AvgIpc) is 2.78. The lowest BCUT2D eigenvalue weighted by Gasteiger charge is -2.38. The predicted octanol–water partition coefficient (Wildman–Crippen LogP) is 3.22. The molecule has 3 unspecified atom stereocenters. The number of benzene rings is 1. The number of rotatable bonds is 6. The summed E-state index contributed by atoms with van der Waals surface area (Å²) in [5.41, 5.74) is 0.301. The number of likely N-dealkylation sites (N-methyl/N-ethyl adjacent to an activating group) is 1. The van der Waals surface area contributed by atoms with Crippen LogP contribution < -0.4 is 0 Å². The quantitative estimate of drug-likeness (QED) is 0.820. The van der Waals surface area contributed by atoms with Crippen LogP contribution >= 0.6 is 0 Å². The molecule has 0 aromatic heterocycles. The second kappa shape index (κ2) is 6.61. The Balaban J connectivity index is 2.35. The summed E-state index contributed by atoms with van der Waals surface area (Å²) in [6, 6.07) is 9.08. The Kier molecular flexibility index (Phi) is 5.01. The Hall–Kier alpha value is -1.68. The van der Waals surface area contributed by atoms with Gasteiger partial charge in [-0.1, -0.05) is 51.1 Å². The Morgan fingerprint density at radius 1 is 1.27 bits per heavy atom. The molecule has 3 atom stereocenters.